The zero-order chi connectivity index (χ0) is 18.1. The molecule has 1 aliphatic rings. The number of esters is 1. The van der Waals surface area contributed by atoms with Crippen LogP contribution in [0.3, 0.4) is 0 Å². The van der Waals surface area contributed by atoms with E-state index in [1.807, 2.05) is 30.3 Å². The number of hydrogen-bond acceptors (Lipinski definition) is 5. The molecular formula is C19H28N2O4. The minimum absolute atomic E-state index is 0.104. The number of rotatable bonds is 8. The average molecular weight is 348 g/mol. The second kappa shape index (κ2) is 9.53. The van der Waals surface area contributed by atoms with E-state index >= 15 is 0 Å². The van der Waals surface area contributed by atoms with Crippen LogP contribution in [0, 0.1) is 5.92 Å². The molecule has 0 unspecified atom stereocenters. The Morgan fingerprint density at radius 2 is 1.92 bits per heavy atom. The van der Waals surface area contributed by atoms with Crippen LogP contribution in [-0.4, -0.2) is 42.3 Å². The summed E-state index contributed by atoms with van der Waals surface area (Å²) >= 11 is 0. The highest BCUT2D eigenvalue weighted by atomic mass is 16.5. The summed E-state index contributed by atoms with van der Waals surface area (Å²) in [6.45, 7) is 3.19. The molecule has 0 atom stereocenters. The zero-order valence-electron chi connectivity index (χ0n) is 14.8. The molecule has 0 heterocycles. The van der Waals surface area contributed by atoms with Gasteiger partial charge in [0.2, 0.25) is 5.91 Å². The largest absolute Gasteiger partial charge is 0.466 e. The molecule has 0 radical (unpaired) electrons. The Hall–Kier alpha value is -1.92. The summed E-state index contributed by atoms with van der Waals surface area (Å²) in [7, 11) is 0. The van der Waals surface area contributed by atoms with Crippen molar-refractivity contribution in [3.8, 4) is 0 Å². The van der Waals surface area contributed by atoms with Gasteiger partial charge in [-0.05, 0) is 38.2 Å². The summed E-state index contributed by atoms with van der Waals surface area (Å²) in [5, 5.41) is 16.4. The summed E-state index contributed by atoms with van der Waals surface area (Å²) in [6, 6.07) is 9.71. The second-order valence-electron chi connectivity index (χ2n) is 6.62. The summed E-state index contributed by atoms with van der Waals surface area (Å²) in [5.74, 6) is -0.389. The number of hydrogen-bond donors (Lipinski definition) is 3. The number of nitrogens with one attached hydrogen (secondary N) is 2. The molecule has 1 aromatic carbocycles. The van der Waals surface area contributed by atoms with Gasteiger partial charge in [-0.1, -0.05) is 30.3 Å². The maximum atomic E-state index is 11.9. The summed E-state index contributed by atoms with van der Waals surface area (Å²) in [6.07, 6.45) is 2.32. The second-order valence-corrected chi connectivity index (χ2v) is 6.62. The first-order valence-corrected chi connectivity index (χ1v) is 8.93. The van der Waals surface area contributed by atoms with Crippen LogP contribution in [0.1, 0.15) is 38.2 Å². The van der Waals surface area contributed by atoms with Crippen LogP contribution < -0.4 is 10.6 Å². The van der Waals surface area contributed by atoms with E-state index in [0.717, 1.165) is 5.56 Å². The third kappa shape index (κ3) is 6.48. The van der Waals surface area contributed by atoms with E-state index in [4.69, 9.17) is 4.74 Å². The SMILES string of the molecule is CCOC(=O)C1CCC(O)(CNCC(=O)NCc2ccccc2)CC1. The smallest absolute Gasteiger partial charge is 0.308 e. The van der Waals surface area contributed by atoms with Gasteiger partial charge in [-0.2, -0.15) is 0 Å². The van der Waals surface area contributed by atoms with Gasteiger partial charge in [0.05, 0.1) is 24.7 Å². The van der Waals surface area contributed by atoms with Crippen LogP contribution >= 0.6 is 0 Å². The van der Waals surface area contributed by atoms with Gasteiger partial charge in [-0.3, -0.25) is 9.59 Å². The molecule has 1 aliphatic carbocycles. The molecule has 25 heavy (non-hydrogen) atoms. The van der Waals surface area contributed by atoms with Crippen LogP contribution in [-0.2, 0) is 20.9 Å². The van der Waals surface area contributed by atoms with E-state index in [0.29, 0.717) is 45.4 Å². The van der Waals surface area contributed by atoms with Crippen LogP contribution in [0.5, 0.6) is 0 Å². The fourth-order valence-corrected chi connectivity index (χ4v) is 3.10. The Labute approximate surface area is 149 Å². The fraction of sp³-hybridized carbons (Fsp3) is 0.579. The predicted molar refractivity (Wildman–Crippen MR) is 94.7 cm³/mol. The van der Waals surface area contributed by atoms with Gasteiger partial charge in [0.1, 0.15) is 0 Å². The van der Waals surface area contributed by atoms with Crippen molar-refractivity contribution in [2.45, 2.75) is 44.8 Å². The molecular weight excluding hydrogens is 320 g/mol. The highest BCUT2D eigenvalue weighted by Gasteiger charge is 2.36. The number of ether oxygens (including phenoxy) is 1. The molecule has 3 N–H and O–H groups in total. The van der Waals surface area contributed by atoms with Gasteiger partial charge in [0, 0.05) is 13.1 Å². The van der Waals surface area contributed by atoms with Crippen molar-refractivity contribution in [1.29, 1.82) is 0 Å². The van der Waals surface area contributed by atoms with Gasteiger partial charge < -0.3 is 20.5 Å². The molecule has 1 saturated carbocycles. The topological polar surface area (TPSA) is 87.7 Å². The van der Waals surface area contributed by atoms with E-state index < -0.39 is 5.60 Å². The van der Waals surface area contributed by atoms with E-state index in [-0.39, 0.29) is 24.3 Å². The normalized spacial score (nSPS) is 23.0. The van der Waals surface area contributed by atoms with Crippen molar-refractivity contribution >= 4 is 11.9 Å². The van der Waals surface area contributed by atoms with E-state index in [1.165, 1.54) is 0 Å². The van der Waals surface area contributed by atoms with Crippen LogP contribution in [0.25, 0.3) is 0 Å². The molecule has 138 valence electrons. The Kier molecular flexibility index (Phi) is 7.40. The van der Waals surface area contributed by atoms with E-state index in [2.05, 4.69) is 10.6 Å². The third-order valence-corrected chi connectivity index (χ3v) is 4.61. The highest BCUT2D eigenvalue weighted by molar-refractivity contribution is 5.78. The third-order valence-electron chi connectivity index (χ3n) is 4.61. The molecule has 0 spiro atoms. The number of carbonyl (C=O) groups is 2. The molecule has 0 bridgehead atoms. The molecule has 1 aromatic rings. The number of benzene rings is 1. The fourth-order valence-electron chi connectivity index (χ4n) is 3.10. The molecule has 1 amide bonds. The minimum atomic E-state index is -0.858. The Morgan fingerprint density at radius 1 is 1.24 bits per heavy atom. The van der Waals surface area contributed by atoms with Gasteiger partial charge in [0.25, 0.3) is 0 Å². The standard InChI is InChI=1S/C19H28N2O4/c1-2-25-18(23)16-8-10-19(24,11-9-16)14-20-13-17(22)21-12-15-6-4-3-5-7-15/h3-7,16,20,24H,2,8-14H2,1H3,(H,21,22). The van der Waals surface area contributed by atoms with Crippen molar-refractivity contribution < 1.29 is 19.4 Å². The van der Waals surface area contributed by atoms with Crippen molar-refractivity contribution in [2.75, 3.05) is 19.7 Å². The maximum Gasteiger partial charge on any atom is 0.308 e. The number of aliphatic hydroxyl groups is 1. The van der Waals surface area contributed by atoms with Gasteiger partial charge in [-0.25, -0.2) is 0 Å². The summed E-state index contributed by atoms with van der Waals surface area (Å²) in [5.41, 5.74) is 0.190. The first kappa shape index (κ1) is 19.4. The van der Waals surface area contributed by atoms with E-state index in [1.54, 1.807) is 6.92 Å². The first-order chi connectivity index (χ1) is 12.0. The molecule has 6 heteroatoms. The zero-order valence-corrected chi connectivity index (χ0v) is 14.8. The van der Waals surface area contributed by atoms with Crippen molar-refractivity contribution in [3.63, 3.8) is 0 Å². The molecule has 2 rings (SSSR count). The Morgan fingerprint density at radius 3 is 2.56 bits per heavy atom. The van der Waals surface area contributed by atoms with Gasteiger partial charge in [0.15, 0.2) is 0 Å². The van der Waals surface area contributed by atoms with Crippen LogP contribution in [0.15, 0.2) is 30.3 Å². The van der Waals surface area contributed by atoms with Crippen molar-refractivity contribution in [2.24, 2.45) is 5.92 Å². The maximum absolute atomic E-state index is 11.9. The molecule has 0 aromatic heterocycles. The van der Waals surface area contributed by atoms with Crippen molar-refractivity contribution in [1.82, 2.24) is 10.6 Å². The lowest BCUT2D eigenvalue weighted by atomic mass is 9.79. The average Bonchev–Trinajstić information content (AvgIpc) is 2.61. The van der Waals surface area contributed by atoms with Gasteiger partial charge in [-0.15, -0.1) is 0 Å². The Bertz CT molecular complexity index is 554. The van der Waals surface area contributed by atoms with Crippen LogP contribution in [0.2, 0.25) is 0 Å². The first-order valence-electron chi connectivity index (χ1n) is 8.93. The summed E-state index contributed by atoms with van der Waals surface area (Å²) in [4.78, 5) is 23.6. The minimum Gasteiger partial charge on any atom is -0.466 e. The van der Waals surface area contributed by atoms with E-state index in [9.17, 15) is 14.7 Å². The number of amides is 1. The highest BCUT2D eigenvalue weighted by Crippen LogP contribution is 2.32. The molecule has 6 nitrogen and oxygen atoms in total. The molecule has 0 aliphatic heterocycles. The number of carbonyl (C=O) groups excluding carboxylic acids is 2. The lowest BCUT2D eigenvalue weighted by molar-refractivity contribution is -0.151. The van der Waals surface area contributed by atoms with Crippen molar-refractivity contribution in [3.05, 3.63) is 35.9 Å². The summed E-state index contributed by atoms with van der Waals surface area (Å²) < 4.78 is 5.04. The predicted octanol–water partition coefficient (Wildman–Crippen LogP) is 1.38. The monoisotopic (exact) mass is 348 g/mol. The lowest BCUT2D eigenvalue weighted by Crippen LogP contribution is -2.46. The quantitative estimate of drug-likeness (QED) is 0.618. The molecule has 1 fully saturated rings. The Balaban J connectivity index is 1.64. The van der Waals surface area contributed by atoms with Gasteiger partial charge >= 0.3 is 5.97 Å². The lowest BCUT2D eigenvalue weighted by Gasteiger charge is -2.35. The van der Waals surface area contributed by atoms with Crippen LogP contribution in [0.4, 0.5) is 0 Å². The molecule has 0 saturated heterocycles.